The summed E-state index contributed by atoms with van der Waals surface area (Å²) in [6.45, 7) is -0.373. The number of amides is 1. The van der Waals surface area contributed by atoms with Crippen LogP contribution in [0.3, 0.4) is 0 Å². The Labute approximate surface area is 220 Å². The average Bonchev–Trinajstić information content (AvgIpc) is 2.75. The summed E-state index contributed by atoms with van der Waals surface area (Å²) < 4.78 is 28.5. The molecule has 0 bridgehead atoms. The summed E-state index contributed by atoms with van der Waals surface area (Å²) in [5.74, 6) is -0.498. The third-order valence-electron chi connectivity index (χ3n) is 4.61. The summed E-state index contributed by atoms with van der Waals surface area (Å²) in [5.41, 5.74) is 1.24. The summed E-state index contributed by atoms with van der Waals surface area (Å²) in [4.78, 5) is 12.8. The fourth-order valence-corrected chi connectivity index (χ4v) is 5.34. The van der Waals surface area contributed by atoms with Crippen LogP contribution in [0, 0.1) is 0 Å². The Bertz CT molecular complexity index is 1270. The van der Waals surface area contributed by atoms with E-state index in [0.29, 0.717) is 26.2 Å². The van der Waals surface area contributed by atoms with Crippen LogP contribution >= 0.6 is 62.3 Å². The topological polar surface area (TPSA) is 66.5 Å². The summed E-state index contributed by atoms with van der Waals surface area (Å²) in [6, 6.07) is 15.9. The summed E-state index contributed by atoms with van der Waals surface area (Å²) in [6.07, 6.45) is 0. The number of hydrogen-bond donors (Lipinski definition) is 1. The normalized spacial score (nSPS) is 11.6. The third-order valence-corrected chi connectivity index (χ3v) is 8.27. The van der Waals surface area contributed by atoms with Gasteiger partial charge in [0.25, 0.3) is 0 Å². The van der Waals surface area contributed by atoms with Crippen LogP contribution in [0.5, 0.6) is 0 Å². The second kappa shape index (κ2) is 11.4. The van der Waals surface area contributed by atoms with Crippen LogP contribution < -0.4 is 5.32 Å². The summed E-state index contributed by atoms with van der Waals surface area (Å²) in [5, 5.41) is 4.21. The van der Waals surface area contributed by atoms with Gasteiger partial charge in [-0.2, -0.15) is 4.31 Å². The zero-order valence-corrected chi connectivity index (χ0v) is 22.3. The first-order valence-corrected chi connectivity index (χ1v) is 13.2. The van der Waals surface area contributed by atoms with Gasteiger partial charge in [0.05, 0.1) is 21.5 Å². The molecule has 33 heavy (non-hydrogen) atoms. The van der Waals surface area contributed by atoms with E-state index in [9.17, 15) is 13.2 Å². The van der Waals surface area contributed by atoms with Crippen molar-refractivity contribution in [3.8, 4) is 0 Å². The lowest BCUT2D eigenvalue weighted by atomic mass is 10.2. The maximum atomic E-state index is 13.3. The number of carbonyl (C=O) groups is 1. The summed E-state index contributed by atoms with van der Waals surface area (Å²) >= 11 is 27.4. The number of nitrogens with zero attached hydrogens (tertiary/aromatic N) is 1. The molecule has 0 spiro atoms. The van der Waals surface area contributed by atoms with Crippen molar-refractivity contribution in [2.24, 2.45) is 0 Å². The van der Waals surface area contributed by atoms with E-state index in [1.54, 1.807) is 48.5 Å². The van der Waals surface area contributed by atoms with Gasteiger partial charge in [-0.05, 0) is 59.7 Å². The van der Waals surface area contributed by atoms with Crippen molar-refractivity contribution in [2.75, 3.05) is 6.54 Å². The van der Waals surface area contributed by atoms with Crippen LogP contribution in [0.15, 0.2) is 70.0 Å². The molecule has 11 heteroatoms. The first kappa shape index (κ1) is 26.3. The molecule has 0 aromatic heterocycles. The Morgan fingerprint density at radius 3 is 2.21 bits per heavy atom. The Hall–Kier alpha value is -1.32. The fraction of sp³-hybridized carbons (Fsp3) is 0.136. The third kappa shape index (κ3) is 7.09. The van der Waals surface area contributed by atoms with E-state index in [2.05, 4.69) is 21.2 Å². The molecule has 0 aliphatic heterocycles. The average molecular weight is 611 g/mol. The van der Waals surface area contributed by atoms with Crippen molar-refractivity contribution in [1.29, 1.82) is 0 Å². The molecular formula is C22H17BrCl4N2O3S. The van der Waals surface area contributed by atoms with Crippen molar-refractivity contribution >= 4 is 78.3 Å². The molecule has 3 aromatic rings. The van der Waals surface area contributed by atoms with E-state index in [4.69, 9.17) is 46.4 Å². The number of rotatable bonds is 8. The van der Waals surface area contributed by atoms with E-state index in [1.165, 1.54) is 12.1 Å². The van der Waals surface area contributed by atoms with Gasteiger partial charge in [0, 0.05) is 27.6 Å². The quantitative estimate of drug-likeness (QED) is 0.314. The molecule has 0 atom stereocenters. The number of benzene rings is 3. The molecule has 3 rings (SSSR count). The Morgan fingerprint density at radius 1 is 0.879 bits per heavy atom. The van der Waals surface area contributed by atoms with Gasteiger partial charge < -0.3 is 5.32 Å². The SMILES string of the molecule is O=C(CN(Cc1ccc(Cl)c(Cl)c1)S(=O)(=O)c1ccc(Br)cc1)NCc1ccc(Cl)cc1Cl. The Kier molecular flexibility index (Phi) is 9.08. The molecule has 0 aliphatic carbocycles. The van der Waals surface area contributed by atoms with Crippen LogP contribution in [0.1, 0.15) is 11.1 Å². The first-order valence-electron chi connectivity index (χ1n) is 9.46. The van der Waals surface area contributed by atoms with Crippen molar-refractivity contribution in [3.05, 3.63) is 96.4 Å². The van der Waals surface area contributed by atoms with E-state index in [1.807, 2.05) is 0 Å². The van der Waals surface area contributed by atoms with Gasteiger partial charge in [-0.15, -0.1) is 0 Å². The number of carbonyl (C=O) groups excluding carboxylic acids is 1. The molecule has 0 aliphatic rings. The monoisotopic (exact) mass is 608 g/mol. The maximum absolute atomic E-state index is 13.3. The Morgan fingerprint density at radius 2 is 1.58 bits per heavy atom. The molecule has 3 aromatic carbocycles. The van der Waals surface area contributed by atoms with Crippen molar-refractivity contribution in [1.82, 2.24) is 9.62 Å². The lowest BCUT2D eigenvalue weighted by Gasteiger charge is -2.22. The summed E-state index contributed by atoms with van der Waals surface area (Å²) in [7, 11) is -4.00. The Balaban J connectivity index is 1.83. The molecule has 1 N–H and O–H groups in total. The van der Waals surface area contributed by atoms with E-state index in [0.717, 1.165) is 8.78 Å². The van der Waals surface area contributed by atoms with Gasteiger partial charge >= 0.3 is 0 Å². The lowest BCUT2D eigenvalue weighted by Crippen LogP contribution is -2.40. The van der Waals surface area contributed by atoms with Crippen LogP contribution in [0.2, 0.25) is 20.1 Å². The minimum Gasteiger partial charge on any atom is -0.351 e. The van der Waals surface area contributed by atoms with Gasteiger partial charge in [-0.3, -0.25) is 4.79 Å². The van der Waals surface area contributed by atoms with E-state index >= 15 is 0 Å². The highest BCUT2D eigenvalue weighted by atomic mass is 79.9. The molecule has 0 fully saturated rings. The standard InChI is InChI=1S/C22H17BrCl4N2O3S/c23-16-3-6-18(7-4-16)33(31,32)29(12-14-1-8-19(25)21(27)9-14)13-22(30)28-11-15-2-5-17(24)10-20(15)26/h1-10H,11-13H2,(H,28,30). The van der Waals surface area contributed by atoms with Gasteiger partial charge in [0.1, 0.15) is 0 Å². The zero-order valence-electron chi connectivity index (χ0n) is 16.9. The van der Waals surface area contributed by atoms with Crippen LogP contribution in [-0.2, 0) is 27.9 Å². The van der Waals surface area contributed by atoms with Crippen LogP contribution in [0.25, 0.3) is 0 Å². The number of halogens is 5. The van der Waals surface area contributed by atoms with E-state index < -0.39 is 22.5 Å². The molecule has 5 nitrogen and oxygen atoms in total. The van der Waals surface area contributed by atoms with Gasteiger partial charge in [-0.1, -0.05) is 74.5 Å². The zero-order chi connectivity index (χ0) is 24.2. The molecule has 1 amide bonds. The molecule has 174 valence electrons. The molecule has 0 saturated carbocycles. The predicted octanol–water partition coefficient (Wildman–Crippen LogP) is 6.57. The van der Waals surface area contributed by atoms with Crippen molar-refractivity contribution in [2.45, 2.75) is 18.0 Å². The number of hydrogen-bond acceptors (Lipinski definition) is 3. The number of sulfonamides is 1. The molecule has 0 radical (unpaired) electrons. The van der Waals surface area contributed by atoms with Crippen molar-refractivity contribution in [3.63, 3.8) is 0 Å². The lowest BCUT2D eigenvalue weighted by molar-refractivity contribution is -0.121. The molecule has 0 unspecified atom stereocenters. The fourth-order valence-electron chi connectivity index (χ4n) is 2.90. The van der Waals surface area contributed by atoms with Crippen molar-refractivity contribution < 1.29 is 13.2 Å². The smallest absolute Gasteiger partial charge is 0.243 e. The predicted molar refractivity (Wildman–Crippen MR) is 137 cm³/mol. The second-order valence-corrected chi connectivity index (χ2v) is 11.5. The molecule has 0 heterocycles. The highest BCUT2D eigenvalue weighted by Crippen LogP contribution is 2.26. The molecular weight excluding hydrogens is 594 g/mol. The second-order valence-electron chi connectivity index (χ2n) is 6.99. The van der Waals surface area contributed by atoms with Crippen LogP contribution in [-0.4, -0.2) is 25.2 Å². The minimum atomic E-state index is -4.00. The highest BCUT2D eigenvalue weighted by molar-refractivity contribution is 9.10. The van der Waals surface area contributed by atoms with Gasteiger partial charge in [0.2, 0.25) is 15.9 Å². The first-order chi connectivity index (χ1) is 15.6. The number of nitrogens with one attached hydrogen (secondary N) is 1. The van der Waals surface area contributed by atoms with E-state index in [-0.39, 0.29) is 23.0 Å². The highest BCUT2D eigenvalue weighted by Gasteiger charge is 2.27. The minimum absolute atomic E-state index is 0.0549. The van der Waals surface area contributed by atoms with Crippen LogP contribution in [0.4, 0.5) is 0 Å². The molecule has 0 saturated heterocycles. The maximum Gasteiger partial charge on any atom is 0.243 e. The largest absolute Gasteiger partial charge is 0.351 e. The van der Waals surface area contributed by atoms with Gasteiger partial charge in [-0.25, -0.2) is 8.42 Å². The van der Waals surface area contributed by atoms with Gasteiger partial charge in [0.15, 0.2) is 0 Å².